The minimum absolute atomic E-state index is 1.25. The van der Waals surface area contributed by atoms with Crippen LogP contribution in [0, 0.1) is 0 Å². The summed E-state index contributed by atoms with van der Waals surface area (Å²) >= 11 is 0. The molecule has 1 heterocycles. The van der Waals surface area contributed by atoms with Crippen LogP contribution < -0.4 is 0 Å². The largest absolute Gasteiger partial charge is 0.350 e. The third-order valence-electron chi connectivity index (χ3n) is 0.996. The Morgan fingerprint density at radius 2 is 2.38 bits per heavy atom. The van der Waals surface area contributed by atoms with E-state index in [9.17, 15) is 0 Å². The molecule has 0 saturated carbocycles. The highest BCUT2D eigenvalue weighted by Gasteiger charge is 1.87. The summed E-state index contributed by atoms with van der Waals surface area (Å²) in [5.74, 6) is 0. The van der Waals surface area contributed by atoms with Crippen LogP contribution in [0.25, 0.3) is 0 Å². The first-order chi connectivity index (χ1) is 3.79. The molecule has 1 aliphatic heterocycles. The van der Waals surface area contributed by atoms with Crippen LogP contribution in [0.15, 0.2) is 29.8 Å². The topological polar surface area (TPSA) is 3.24 Å². The minimum atomic E-state index is 1.25. The van der Waals surface area contributed by atoms with E-state index in [-0.39, 0.29) is 0 Å². The van der Waals surface area contributed by atoms with Gasteiger partial charge in [-0.25, -0.2) is 0 Å². The van der Waals surface area contributed by atoms with Gasteiger partial charge in [-0.2, -0.15) is 0 Å². The van der Waals surface area contributed by atoms with Crippen molar-refractivity contribution in [2.24, 2.45) is 0 Å². The Hall–Kier alpha value is -0.940. The normalized spacial score (nSPS) is 16.8. The molecule has 0 spiro atoms. The van der Waals surface area contributed by atoms with Gasteiger partial charge in [-0.1, -0.05) is 0 Å². The zero-order chi connectivity index (χ0) is 5.98. The van der Waals surface area contributed by atoms with Gasteiger partial charge in [0.25, 0.3) is 0 Å². The van der Waals surface area contributed by atoms with Crippen molar-refractivity contribution in [3.63, 3.8) is 0 Å². The van der Waals surface area contributed by atoms with E-state index in [2.05, 4.69) is 18.9 Å². The van der Waals surface area contributed by atoms with Crippen molar-refractivity contribution >= 4 is 0 Å². The first-order valence-electron chi connectivity index (χ1n) is 2.62. The number of hydrogen-bond acceptors (Lipinski definition) is 1. The maximum atomic E-state index is 2.99. The van der Waals surface area contributed by atoms with Gasteiger partial charge in [0.05, 0.1) is 0 Å². The van der Waals surface area contributed by atoms with Crippen molar-refractivity contribution < 1.29 is 0 Å². The Morgan fingerprint density at radius 3 is 2.75 bits per heavy atom. The lowest BCUT2D eigenvalue weighted by molar-refractivity contribution is 0.618. The van der Waals surface area contributed by atoms with Crippen LogP contribution in [-0.4, -0.2) is 11.9 Å². The molecule has 0 aromatic carbocycles. The zero-order valence-electron chi connectivity index (χ0n) is 5.18. The van der Waals surface area contributed by atoms with E-state index in [4.69, 9.17) is 0 Å². The Labute approximate surface area is 49.6 Å². The van der Waals surface area contributed by atoms with E-state index >= 15 is 0 Å². The van der Waals surface area contributed by atoms with Crippen LogP contribution in [0.1, 0.15) is 6.92 Å². The van der Waals surface area contributed by atoms with Crippen LogP contribution in [0.5, 0.6) is 0 Å². The van der Waals surface area contributed by atoms with Crippen molar-refractivity contribution in [1.29, 1.82) is 0 Å². The molecule has 1 aliphatic rings. The molecule has 0 unspecified atom stereocenters. The van der Waals surface area contributed by atoms with Crippen molar-refractivity contribution in [2.75, 3.05) is 7.05 Å². The number of rotatable bonds is 0. The third-order valence-corrected chi connectivity index (χ3v) is 0.996. The molecule has 0 aromatic rings. The summed E-state index contributed by atoms with van der Waals surface area (Å²) in [5.41, 5.74) is 4.24. The van der Waals surface area contributed by atoms with Gasteiger partial charge < -0.3 is 4.90 Å². The van der Waals surface area contributed by atoms with Gasteiger partial charge in [0.1, 0.15) is 0 Å². The number of hydrogen-bond donors (Lipinski definition) is 0. The van der Waals surface area contributed by atoms with Gasteiger partial charge in [-0.05, 0) is 18.6 Å². The molecule has 1 heteroatoms. The van der Waals surface area contributed by atoms with E-state index in [1.165, 1.54) is 5.57 Å². The fraction of sp³-hybridized carbons (Fsp3) is 0.286. The molecule has 0 radical (unpaired) electrons. The quantitative estimate of drug-likeness (QED) is 0.424. The first kappa shape index (κ1) is 5.20. The second-order valence-electron chi connectivity index (χ2n) is 1.98. The molecule has 0 atom stereocenters. The summed E-state index contributed by atoms with van der Waals surface area (Å²) in [7, 11) is 1.99. The lowest BCUT2D eigenvalue weighted by atomic mass is 10.3. The van der Waals surface area contributed by atoms with Gasteiger partial charge in [-0.3, -0.25) is 0 Å². The van der Waals surface area contributed by atoms with E-state index < -0.39 is 0 Å². The van der Waals surface area contributed by atoms with Crippen LogP contribution in [-0.2, 0) is 0 Å². The molecule has 1 rings (SSSR count). The summed E-state index contributed by atoms with van der Waals surface area (Å²) in [6.07, 6.45) is 5.91. The van der Waals surface area contributed by atoms with Gasteiger partial charge >= 0.3 is 0 Å². The zero-order valence-corrected chi connectivity index (χ0v) is 5.18. The summed E-state index contributed by atoms with van der Waals surface area (Å²) in [6.45, 7) is 2.05. The van der Waals surface area contributed by atoms with Crippen molar-refractivity contribution in [2.45, 2.75) is 6.92 Å². The lowest BCUT2D eigenvalue weighted by Crippen LogP contribution is -2.01. The Kier molecular flexibility index (Phi) is 1.23. The third kappa shape index (κ3) is 1.02. The molecule has 0 bridgehead atoms. The predicted molar refractivity (Wildman–Crippen MR) is 34.2 cm³/mol. The summed E-state index contributed by atoms with van der Waals surface area (Å²) in [4.78, 5) is 1.98. The van der Waals surface area contributed by atoms with Crippen LogP contribution in [0.2, 0.25) is 0 Å². The highest BCUT2D eigenvalue weighted by molar-refractivity contribution is 5.18. The monoisotopic (exact) mass is 107 g/mol. The van der Waals surface area contributed by atoms with Crippen molar-refractivity contribution in [3.05, 3.63) is 29.8 Å². The van der Waals surface area contributed by atoms with Crippen molar-refractivity contribution in [3.8, 4) is 0 Å². The van der Waals surface area contributed by atoms with Gasteiger partial charge in [0.2, 0.25) is 0 Å². The molecule has 1 nitrogen and oxygen atoms in total. The predicted octanol–water partition coefficient (Wildman–Crippen LogP) is 1.50. The molecule has 0 aromatic heterocycles. The molecule has 0 saturated heterocycles. The second kappa shape index (κ2) is 1.89. The molecule has 0 amide bonds. The minimum Gasteiger partial charge on any atom is -0.350 e. The average molecular weight is 107 g/mol. The lowest BCUT2D eigenvalue weighted by Gasteiger charge is -2.08. The Bertz CT molecular complexity index is 171. The molecule has 0 fully saturated rings. The standard InChI is InChI=1S/C7H9N/c1-7-4-3-5-8(2)6-7/h4-6H,1-2H3. The van der Waals surface area contributed by atoms with E-state index in [0.29, 0.717) is 0 Å². The first-order valence-corrected chi connectivity index (χ1v) is 2.62. The van der Waals surface area contributed by atoms with Gasteiger partial charge in [-0.15, -0.1) is 5.73 Å². The highest BCUT2D eigenvalue weighted by atomic mass is 15.0. The van der Waals surface area contributed by atoms with Gasteiger partial charge in [0.15, 0.2) is 0 Å². The van der Waals surface area contributed by atoms with E-state index in [0.717, 1.165) is 0 Å². The maximum absolute atomic E-state index is 2.99. The molecule has 0 aliphatic carbocycles. The Balaban J connectivity index is 2.86. The van der Waals surface area contributed by atoms with Gasteiger partial charge in [0, 0.05) is 19.4 Å². The molecule has 8 heavy (non-hydrogen) atoms. The SMILES string of the molecule is CC1=CN(C)C=C=C1. The average Bonchev–Trinajstić information content (AvgIpc) is 1.64. The maximum Gasteiger partial charge on any atom is 0.0461 e. The smallest absolute Gasteiger partial charge is 0.0461 e. The van der Waals surface area contributed by atoms with Crippen LogP contribution in [0.4, 0.5) is 0 Å². The fourth-order valence-corrected chi connectivity index (χ4v) is 0.682. The molecule has 0 N–H and O–H groups in total. The van der Waals surface area contributed by atoms with Crippen molar-refractivity contribution in [1.82, 2.24) is 4.90 Å². The molecule has 42 valence electrons. The summed E-state index contributed by atoms with van der Waals surface area (Å²) in [6, 6.07) is 0. The van der Waals surface area contributed by atoms with E-state index in [1.807, 2.05) is 24.2 Å². The van der Waals surface area contributed by atoms with Crippen LogP contribution >= 0.6 is 0 Å². The number of nitrogens with zero attached hydrogens (tertiary/aromatic N) is 1. The number of allylic oxidation sites excluding steroid dienone is 2. The summed E-state index contributed by atoms with van der Waals surface area (Å²) in [5, 5.41) is 0. The van der Waals surface area contributed by atoms with E-state index in [1.54, 1.807) is 0 Å². The Morgan fingerprint density at radius 1 is 1.62 bits per heavy atom. The molecular weight excluding hydrogens is 98.1 g/mol. The molecular formula is C7H9N. The fourth-order valence-electron chi connectivity index (χ4n) is 0.682. The second-order valence-corrected chi connectivity index (χ2v) is 1.98. The van der Waals surface area contributed by atoms with Crippen LogP contribution in [0.3, 0.4) is 0 Å². The summed E-state index contributed by atoms with van der Waals surface area (Å²) < 4.78 is 0. The highest BCUT2D eigenvalue weighted by Crippen LogP contribution is 2.00.